The fraction of sp³-hybridized carbons (Fsp3) is 0.931. The van der Waals surface area contributed by atoms with E-state index in [2.05, 4.69) is 20.8 Å². The summed E-state index contributed by atoms with van der Waals surface area (Å²) in [5.41, 5.74) is 0. The third-order valence-electron chi connectivity index (χ3n) is 6.33. The summed E-state index contributed by atoms with van der Waals surface area (Å²) >= 11 is 0. The summed E-state index contributed by atoms with van der Waals surface area (Å²) in [4.78, 5) is 23.9. The lowest BCUT2D eigenvalue weighted by Gasteiger charge is -2.15. The Balaban J connectivity index is 3.56. The van der Waals surface area contributed by atoms with Crippen LogP contribution in [0.3, 0.4) is 0 Å². The van der Waals surface area contributed by atoms with Crippen LogP contribution in [0.15, 0.2) is 0 Å². The zero-order valence-electron chi connectivity index (χ0n) is 22.8. The Labute approximate surface area is 210 Å². The maximum Gasteiger partial charge on any atom is 0.306 e. The molecule has 5 nitrogen and oxygen atoms in total. The molecule has 0 aliphatic rings. The van der Waals surface area contributed by atoms with Crippen LogP contribution in [-0.4, -0.2) is 36.4 Å². The van der Waals surface area contributed by atoms with Crippen molar-refractivity contribution in [2.45, 2.75) is 155 Å². The lowest BCUT2D eigenvalue weighted by atomic mass is 10.0. The van der Waals surface area contributed by atoms with Crippen LogP contribution < -0.4 is 0 Å². The Morgan fingerprint density at radius 2 is 1.09 bits per heavy atom. The fourth-order valence-electron chi connectivity index (χ4n) is 4.09. The molecule has 202 valence electrons. The van der Waals surface area contributed by atoms with Crippen molar-refractivity contribution in [3.8, 4) is 0 Å². The van der Waals surface area contributed by atoms with Gasteiger partial charge in [0.15, 0.2) is 6.10 Å². The molecule has 0 amide bonds. The summed E-state index contributed by atoms with van der Waals surface area (Å²) in [6.45, 7) is 6.40. The first-order chi connectivity index (χ1) is 16.5. The van der Waals surface area contributed by atoms with Crippen molar-refractivity contribution >= 4 is 11.9 Å². The third-order valence-corrected chi connectivity index (χ3v) is 6.33. The second-order valence-electron chi connectivity index (χ2n) is 10.3. The molecule has 34 heavy (non-hydrogen) atoms. The number of unbranched alkanes of at least 4 members (excludes halogenated alkanes) is 15. The molecule has 0 radical (unpaired) electrons. The normalized spacial score (nSPS) is 12.1. The summed E-state index contributed by atoms with van der Waals surface area (Å²) in [6.07, 6.45) is 21.6. The first-order valence-corrected chi connectivity index (χ1v) is 14.5. The molecule has 0 unspecified atom stereocenters. The van der Waals surface area contributed by atoms with Crippen LogP contribution in [-0.2, 0) is 19.1 Å². The van der Waals surface area contributed by atoms with Crippen molar-refractivity contribution < 1.29 is 24.2 Å². The van der Waals surface area contributed by atoms with Crippen molar-refractivity contribution in [3.63, 3.8) is 0 Å². The van der Waals surface area contributed by atoms with Crippen LogP contribution in [0.4, 0.5) is 0 Å². The van der Waals surface area contributed by atoms with Gasteiger partial charge in [-0.1, -0.05) is 124 Å². The van der Waals surface area contributed by atoms with Crippen molar-refractivity contribution in [1.82, 2.24) is 0 Å². The summed E-state index contributed by atoms with van der Waals surface area (Å²) in [6, 6.07) is 0. The average Bonchev–Trinajstić information content (AvgIpc) is 2.81. The highest BCUT2D eigenvalue weighted by atomic mass is 16.6. The van der Waals surface area contributed by atoms with Crippen LogP contribution in [0.25, 0.3) is 0 Å². The van der Waals surface area contributed by atoms with E-state index in [1.807, 2.05) is 0 Å². The third kappa shape index (κ3) is 24.0. The molecule has 5 heteroatoms. The van der Waals surface area contributed by atoms with Gasteiger partial charge < -0.3 is 14.6 Å². The number of hydrogen-bond donors (Lipinski definition) is 1. The van der Waals surface area contributed by atoms with Gasteiger partial charge in [0.05, 0.1) is 6.61 Å². The Hall–Kier alpha value is -1.10. The second kappa shape index (κ2) is 25.0. The lowest BCUT2D eigenvalue weighted by Crippen LogP contribution is -2.28. The molecule has 1 atom stereocenters. The maximum atomic E-state index is 11.9. The molecular formula is C29H56O5. The zero-order chi connectivity index (χ0) is 25.3. The monoisotopic (exact) mass is 484 g/mol. The summed E-state index contributed by atoms with van der Waals surface area (Å²) < 4.78 is 10.5. The standard InChI is InChI=1S/C29H56O5/c1-4-5-6-7-12-17-20-23-29(32)34-27(24-30)25-33-28(31)22-19-16-14-11-9-8-10-13-15-18-21-26(2)3/h26-27,30H,4-25H2,1-3H3/t27-/m0/s1. The highest BCUT2D eigenvalue weighted by Gasteiger charge is 2.16. The van der Waals surface area contributed by atoms with Gasteiger partial charge in [-0.25, -0.2) is 0 Å². The first-order valence-electron chi connectivity index (χ1n) is 14.5. The van der Waals surface area contributed by atoms with E-state index in [1.54, 1.807) is 0 Å². The molecule has 0 fully saturated rings. The van der Waals surface area contributed by atoms with Crippen LogP contribution >= 0.6 is 0 Å². The highest BCUT2D eigenvalue weighted by molar-refractivity contribution is 5.70. The topological polar surface area (TPSA) is 72.8 Å². The van der Waals surface area contributed by atoms with Crippen LogP contribution in [0.2, 0.25) is 0 Å². The molecular weight excluding hydrogens is 428 g/mol. The number of rotatable bonds is 25. The van der Waals surface area contributed by atoms with E-state index < -0.39 is 6.10 Å². The summed E-state index contributed by atoms with van der Waals surface area (Å²) in [5.74, 6) is 0.234. The van der Waals surface area contributed by atoms with Gasteiger partial charge in [0.2, 0.25) is 0 Å². The van der Waals surface area contributed by atoms with Gasteiger partial charge >= 0.3 is 11.9 Å². The van der Waals surface area contributed by atoms with E-state index in [0.29, 0.717) is 12.8 Å². The molecule has 1 N–H and O–H groups in total. The van der Waals surface area contributed by atoms with Crippen LogP contribution in [0.5, 0.6) is 0 Å². The minimum atomic E-state index is -0.758. The van der Waals surface area contributed by atoms with E-state index in [9.17, 15) is 14.7 Å². The number of hydrogen-bond acceptors (Lipinski definition) is 5. The van der Waals surface area contributed by atoms with Gasteiger partial charge in [0.1, 0.15) is 6.61 Å². The summed E-state index contributed by atoms with van der Waals surface area (Å²) in [7, 11) is 0. The van der Waals surface area contributed by atoms with Crippen LogP contribution in [0, 0.1) is 5.92 Å². The molecule has 0 aliphatic heterocycles. The molecule has 0 aliphatic carbocycles. The van der Waals surface area contributed by atoms with Crippen molar-refractivity contribution in [1.29, 1.82) is 0 Å². The molecule has 0 aromatic rings. The number of ether oxygens (including phenoxy) is 2. The molecule has 0 rings (SSSR count). The molecule has 0 aromatic heterocycles. The smallest absolute Gasteiger partial charge is 0.306 e. The number of aliphatic hydroxyl groups is 1. The minimum absolute atomic E-state index is 0.0603. The fourth-order valence-corrected chi connectivity index (χ4v) is 4.09. The van der Waals surface area contributed by atoms with Gasteiger partial charge in [-0.05, 0) is 18.8 Å². The first kappa shape index (κ1) is 32.9. The van der Waals surface area contributed by atoms with Gasteiger partial charge in [0.25, 0.3) is 0 Å². The predicted octanol–water partition coefficient (Wildman–Crippen LogP) is 7.91. The lowest BCUT2D eigenvalue weighted by molar-refractivity contribution is -0.161. The van der Waals surface area contributed by atoms with Gasteiger partial charge in [-0.2, -0.15) is 0 Å². The number of aliphatic hydroxyl groups excluding tert-OH is 1. The van der Waals surface area contributed by atoms with Gasteiger partial charge in [0, 0.05) is 12.8 Å². The molecule has 0 bridgehead atoms. The quantitative estimate of drug-likeness (QED) is 0.105. The number of carbonyl (C=O) groups is 2. The van der Waals surface area contributed by atoms with Crippen LogP contribution in [0.1, 0.15) is 149 Å². The Kier molecular flexibility index (Phi) is 24.2. The van der Waals surface area contributed by atoms with Crippen molar-refractivity contribution in [2.24, 2.45) is 5.92 Å². The molecule has 0 saturated carbocycles. The van der Waals surface area contributed by atoms with E-state index in [4.69, 9.17) is 9.47 Å². The van der Waals surface area contributed by atoms with E-state index in [1.165, 1.54) is 77.0 Å². The van der Waals surface area contributed by atoms with Crippen molar-refractivity contribution in [2.75, 3.05) is 13.2 Å². The van der Waals surface area contributed by atoms with E-state index in [0.717, 1.165) is 44.4 Å². The summed E-state index contributed by atoms with van der Waals surface area (Å²) in [5, 5.41) is 9.41. The molecule has 0 aromatic carbocycles. The van der Waals surface area contributed by atoms with Crippen molar-refractivity contribution in [3.05, 3.63) is 0 Å². The van der Waals surface area contributed by atoms with Gasteiger partial charge in [-0.15, -0.1) is 0 Å². The Morgan fingerprint density at radius 3 is 1.56 bits per heavy atom. The molecule has 0 spiro atoms. The molecule has 0 saturated heterocycles. The van der Waals surface area contributed by atoms with E-state index in [-0.39, 0.29) is 25.2 Å². The zero-order valence-corrected chi connectivity index (χ0v) is 22.8. The maximum absolute atomic E-state index is 11.9. The highest BCUT2D eigenvalue weighted by Crippen LogP contribution is 2.14. The predicted molar refractivity (Wildman–Crippen MR) is 141 cm³/mol. The second-order valence-corrected chi connectivity index (χ2v) is 10.3. The number of carbonyl (C=O) groups excluding carboxylic acids is 2. The largest absolute Gasteiger partial charge is 0.462 e. The minimum Gasteiger partial charge on any atom is -0.462 e. The average molecular weight is 485 g/mol. The Bertz CT molecular complexity index is 463. The van der Waals surface area contributed by atoms with E-state index >= 15 is 0 Å². The Morgan fingerprint density at radius 1 is 0.647 bits per heavy atom. The molecule has 0 heterocycles. The SMILES string of the molecule is CCCCCCCCCC(=O)O[C@@H](CO)COC(=O)CCCCCCCCCCCCC(C)C. The number of esters is 2. The van der Waals surface area contributed by atoms with Gasteiger partial charge in [-0.3, -0.25) is 9.59 Å².